The van der Waals surface area contributed by atoms with E-state index in [0.29, 0.717) is 8.58 Å². The van der Waals surface area contributed by atoms with Gasteiger partial charge in [0.25, 0.3) is 0 Å². The zero-order valence-electron chi connectivity index (χ0n) is 11.9. The number of hydrogen-bond acceptors (Lipinski definition) is 2. The molecule has 0 aliphatic rings. The Morgan fingerprint density at radius 3 is 1.42 bits per heavy atom. The summed E-state index contributed by atoms with van der Waals surface area (Å²) >= 11 is 0. The van der Waals surface area contributed by atoms with Crippen LogP contribution in [0.3, 0.4) is 0 Å². The van der Waals surface area contributed by atoms with E-state index < -0.39 is 0 Å². The van der Waals surface area contributed by atoms with Gasteiger partial charge < -0.3 is 9.47 Å². The van der Waals surface area contributed by atoms with Crippen LogP contribution in [-0.4, -0.2) is 14.2 Å². The van der Waals surface area contributed by atoms with Crippen LogP contribution in [0.1, 0.15) is 13.8 Å². The van der Waals surface area contributed by atoms with E-state index >= 15 is 0 Å². The Hall–Kier alpha value is -1.53. The first-order valence-corrected chi connectivity index (χ1v) is 7.38. The van der Waals surface area contributed by atoms with E-state index in [9.17, 15) is 0 Å². The van der Waals surface area contributed by atoms with E-state index in [1.807, 2.05) is 50.2 Å². The van der Waals surface area contributed by atoms with Crippen LogP contribution in [0.15, 0.2) is 48.5 Å². The van der Waals surface area contributed by atoms with Gasteiger partial charge in [0.1, 0.15) is 11.5 Å². The highest BCUT2D eigenvalue weighted by Gasteiger charge is 2.06. The molecule has 0 amide bonds. The quantitative estimate of drug-likeness (QED) is 0.797. The van der Waals surface area contributed by atoms with Gasteiger partial charge in [0, 0.05) is 10.6 Å². The largest absolute Gasteiger partial charge is 0.496 e. The van der Waals surface area contributed by atoms with E-state index in [-0.39, 0.29) is 0 Å². The van der Waals surface area contributed by atoms with Crippen LogP contribution in [0.2, 0.25) is 0 Å². The molecule has 0 aliphatic carbocycles. The molecule has 0 bridgehead atoms. The van der Waals surface area contributed by atoms with Gasteiger partial charge in [-0.25, -0.2) is 0 Å². The molecule has 0 aliphatic heterocycles. The number of methoxy groups -OCH3 is 2. The Kier molecular flexibility index (Phi) is 6.99. The first-order valence-electron chi connectivity index (χ1n) is 6.38. The molecule has 19 heavy (non-hydrogen) atoms. The number of benzene rings is 2. The summed E-state index contributed by atoms with van der Waals surface area (Å²) in [5, 5.41) is 2.39. The van der Waals surface area contributed by atoms with Crippen molar-refractivity contribution in [3.8, 4) is 11.5 Å². The maximum Gasteiger partial charge on any atom is 0.126 e. The second kappa shape index (κ2) is 8.55. The lowest BCUT2D eigenvalue weighted by Crippen LogP contribution is -2.08. The summed E-state index contributed by atoms with van der Waals surface area (Å²) in [7, 11) is 3.94. The molecule has 0 spiro atoms. The zero-order chi connectivity index (χ0) is 14.1. The Balaban J connectivity index is 0.000000861. The summed E-state index contributed by atoms with van der Waals surface area (Å²) < 4.78 is 10.7. The standard InChI is InChI=1S/C14H15O2P.C2H6/c1-15-11-7-3-5-9-13(11)17-14-10-6-4-8-12(14)16-2;1-2/h3-10,17H,1-2H3;1-2H3. The summed E-state index contributed by atoms with van der Waals surface area (Å²) in [6.07, 6.45) is 0. The van der Waals surface area contributed by atoms with E-state index in [2.05, 4.69) is 12.1 Å². The normalized spacial score (nSPS) is 9.26. The molecule has 2 aromatic carbocycles. The van der Waals surface area contributed by atoms with Crippen LogP contribution in [0.5, 0.6) is 11.5 Å². The van der Waals surface area contributed by atoms with Crippen LogP contribution in [0.25, 0.3) is 0 Å². The van der Waals surface area contributed by atoms with Crippen molar-refractivity contribution in [2.24, 2.45) is 0 Å². The maximum atomic E-state index is 5.36. The highest BCUT2D eigenvalue weighted by Crippen LogP contribution is 2.23. The summed E-state index contributed by atoms with van der Waals surface area (Å²) in [4.78, 5) is 0. The summed E-state index contributed by atoms with van der Waals surface area (Å²) in [5.41, 5.74) is 0. The number of rotatable bonds is 4. The van der Waals surface area contributed by atoms with Crippen molar-refractivity contribution in [3.63, 3.8) is 0 Å². The van der Waals surface area contributed by atoms with Crippen molar-refractivity contribution >= 4 is 19.2 Å². The fraction of sp³-hybridized carbons (Fsp3) is 0.250. The average molecular weight is 276 g/mol. The lowest BCUT2D eigenvalue weighted by molar-refractivity contribution is 0.417. The Bertz CT molecular complexity index is 452. The molecule has 2 nitrogen and oxygen atoms in total. The molecule has 0 saturated carbocycles. The van der Waals surface area contributed by atoms with Crippen molar-refractivity contribution in [2.45, 2.75) is 13.8 Å². The molecule has 0 radical (unpaired) electrons. The molecule has 2 rings (SSSR count). The van der Waals surface area contributed by atoms with Crippen molar-refractivity contribution < 1.29 is 9.47 Å². The predicted octanol–water partition coefficient (Wildman–Crippen LogP) is 3.36. The van der Waals surface area contributed by atoms with Gasteiger partial charge in [-0.3, -0.25) is 0 Å². The molecular weight excluding hydrogens is 255 g/mol. The van der Waals surface area contributed by atoms with Crippen LogP contribution >= 0.6 is 8.58 Å². The van der Waals surface area contributed by atoms with Crippen LogP contribution < -0.4 is 20.1 Å². The minimum absolute atomic E-state index is 0.538. The van der Waals surface area contributed by atoms with E-state index in [0.717, 1.165) is 11.5 Å². The number of para-hydroxylation sites is 2. The highest BCUT2D eigenvalue weighted by atomic mass is 31.1. The topological polar surface area (TPSA) is 18.5 Å². The number of ether oxygens (including phenoxy) is 2. The fourth-order valence-corrected chi connectivity index (χ4v) is 2.91. The molecule has 0 fully saturated rings. The van der Waals surface area contributed by atoms with E-state index in [1.54, 1.807) is 14.2 Å². The molecule has 0 unspecified atom stereocenters. The molecule has 102 valence electrons. The third kappa shape index (κ3) is 4.25. The van der Waals surface area contributed by atoms with Crippen molar-refractivity contribution in [1.82, 2.24) is 0 Å². The van der Waals surface area contributed by atoms with Crippen molar-refractivity contribution in [3.05, 3.63) is 48.5 Å². The average Bonchev–Trinajstić information content (AvgIpc) is 2.50. The van der Waals surface area contributed by atoms with Gasteiger partial charge in [-0.15, -0.1) is 0 Å². The zero-order valence-corrected chi connectivity index (χ0v) is 12.9. The Labute approximate surface area is 117 Å². The lowest BCUT2D eigenvalue weighted by atomic mass is 10.3. The predicted molar refractivity (Wildman–Crippen MR) is 84.9 cm³/mol. The second-order valence-electron chi connectivity index (χ2n) is 3.53. The SMILES string of the molecule is CC.COc1ccccc1Pc1ccccc1OC. The molecule has 0 N–H and O–H groups in total. The first-order chi connectivity index (χ1) is 9.35. The third-order valence-electron chi connectivity index (χ3n) is 2.48. The van der Waals surface area contributed by atoms with Gasteiger partial charge in [-0.2, -0.15) is 0 Å². The highest BCUT2D eigenvalue weighted by molar-refractivity contribution is 7.56. The van der Waals surface area contributed by atoms with Gasteiger partial charge >= 0.3 is 0 Å². The number of hydrogen-bond donors (Lipinski definition) is 0. The van der Waals surface area contributed by atoms with Gasteiger partial charge in [0.2, 0.25) is 0 Å². The van der Waals surface area contributed by atoms with Gasteiger partial charge in [0.15, 0.2) is 0 Å². The molecular formula is C16H21O2P. The van der Waals surface area contributed by atoms with Crippen LogP contribution in [-0.2, 0) is 0 Å². The minimum atomic E-state index is 0.538. The molecule has 0 atom stereocenters. The van der Waals surface area contributed by atoms with E-state index in [1.165, 1.54) is 10.6 Å². The van der Waals surface area contributed by atoms with Crippen molar-refractivity contribution in [2.75, 3.05) is 14.2 Å². The first kappa shape index (κ1) is 15.5. The second-order valence-corrected chi connectivity index (χ2v) is 4.85. The molecule has 0 saturated heterocycles. The van der Waals surface area contributed by atoms with Crippen molar-refractivity contribution in [1.29, 1.82) is 0 Å². The fourth-order valence-electron chi connectivity index (χ4n) is 1.64. The van der Waals surface area contributed by atoms with Crippen LogP contribution in [0, 0.1) is 0 Å². The molecule has 2 aromatic rings. The Morgan fingerprint density at radius 1 is 0.684 bits per heavy atom. The minimum Gasteiger partial charge on any atom is -0.496 e. The summed E-state index contributed by atoms with van der Waals surface area (Å²) in [6, 6.07) is 16.2. The summed E-state index contributed by atoms with van der Waals surface area (Å²) in [6.45, 7) is 4.00. The monoisotopic (exact) mass is 276 g/mol. The molecule has 3 heteroatoms. The van der Waals surface area contributed by atoms with Gasteiger partial charge in [0.05, 0.1) is 14.2 Å². The maximum absolute atomic E-state index is 5.36. The molecule has 0 heterocycles. The van der Waals surface area contributed by atoms with E-state index in [4.69, 9.17) is 9.47 Å². The van der Waals surface area contributed by atoms with Crippen LogP contribution in [0.4, 0.5) is 0 Å². The molecule has 0 aromatic heterocycles. The summed E-state index contributed by atoms with van der Waals surface area (Å²) in [5.74, 6) is 1.86. The van der Waals surface area contributed by atoms with Gasteiger partial charge in [-0.1, -0.05) is 58.8 Å². The smallest absolute Gasteiger partial charge is 0.126 e. The van der Waals surface area contributed by atoms with Gasteiger partial charge in [-0.05, 0) is 12.1 Å². The Morgan fingerprint density at radius 2 is 1.05 bits per heavy atom. The third-order valence-corrected chi connectivity index (χ3v) is 3.85. The lowest BCUT2D eigenvalue weighted by Gasteiger charge is -2.11.